The molecule has 0 radical (unpaired) electrons. The molecule has 6 nitrogen and oxygen atoms in total. The minimum Gasteiger partial charge on any atom is -0.495 e. The van der Waals surface area contributed by atoms with Crippen molar-refractivity contribution in [3.8, 4) is 11.8 Å². The number of carbonyl (C=O) groups is 2. The number of methoxy groups -OCH3 is 1. The van der Waals surface area contributed by atoms with E-state index in [0.717, 1.165) is 11.1 Å². The summed E-state index contributed by atoms with van der Waals surface area (Å²) in [5.74, 6) is -0.755. The van der Waals surface area contributed by atoms with Crippen LogP contribution in [0.25, 0.3) is 6.08 Å². The molecule has 2 rings (SSSR count). The summed E-state index contributed by atoms with van der Waals surface area (Å²) in [5.41, 5.74) is 2.46. The van der Waals surface area contributed by atoms with Crippen LogP contribution in [0.4, 0.5) is 5.69 Å². The Morgan fingerprint density at radius 2 is 1.93 bits per heavy atom. The molecule has 0 heterocycles. The van der Waals surface area contributed by atoms with Crippen molar-refractivity contribution in [2.24, 2.45) is 0 Å². The molecule has 1 atom stereocenters. The van der Waals surface area contributed by atoms with Crippen molar-refractivity contribution in [2.45, 2.75) is 20.0 Å². The van der Waals surface area contributed by atoms with E-state index in [2.05, 4.69) is 5.32 Å². The van der Waals surface area contributed by atoms with E-state index in [1.807, 2.05) is 6.07 Å². The summed E-state index contributed by atoms with van der Waals surface area (Å²) in [6.45, 7) is 3.27. The molecule has 0 aliphatic carbocycles. The molecule has 0 saturated carbocycles. The Morgan fingerprint density at radius 3 is 2.54 bits per heavy atom. The predicted octanol–water partition coefficient (Wildman–Crippen LogP) is 4.11. The number of nitrogens with one attached hydrogen (secondary N) is 1. The number of amides is 1. The van der Waals surface area contributed by atoms with Gasteiger partial charge in [0.15, 0.2) is 6.10 Å². The maximum atomic E-state index is 12.3. The Hall–Kier alpha value is -3.30. The molecule has 0 unspecified atom stereocenters. The molecule has 28 heavy (non-hydrogen) atoms. The van der Waals surface area contributed by atoms with Crippen molar-refractivity contribution in [2.75, 3.05) is 12.4 Å². The number of nitriles is 1. The Kier molecular flexibility index (Phi) is 7.19. The molecule has 2 aromatic rings. The van der Waals surface area contributed by atoms with Crippen LogP contribution in [0.5, 0.6) is 5.75 Å². The van der Waals surface area contributed by atoms with Gasteiger partial charge in [-0.2, -0.15) is 5.26 Å². The fraction of sp³-hybridized carbons (Fsp3) is 0.190. The SMILES string of the molecule is COc1cc(Cl)c(C)cc1NC(=O)[C@@H](C)OC(=O)/C=C/c1ccc(C#N)cc1. The number of esters is 1. The minimum absolute atomic E-state index is 0.406. The summed E-state index contributed by atoms with van der Waals surface area (Å²) >= 11 is 6.05. The van der Waals surface area contributed by atoms with Crippen molar-refractivity contribution in [3.05, 3.63) is 64.2 Å². The molecule has 7 heteroatoms. The van der Waals surface area contributed by atoms with E-state index in [1.54, 1.807) is 49.4 Å². The Bertz CT molecular complexity index is 946. The van der Waals surface area contributed by atoms with Crippen molar-refractivity contribution < 1.29 is 19.1 Å². The second kappa shape index (κ2) is 9.58. The first kappa shape index (κ1) is 21.0. The number of ether oxygens (including phenoxy) is 2. The quantitative estimate of drug-likeness (QED) is 0.584. The van der Waals surface area contributed by atoms with Crippen molar-refractivity contribution in [3.63, 3.8) is 0 Å². The Labute approximate surface area is 168 Å². The smallest absolute Gasteiger partial charge is 0.331 e. The van der Waals surface area contributed by atoms with Crippen LogP contribution >= 0.6 is 11.6 Å². The molecular formula is C21H19ClN2O4. The number of benzene rings is 2. The summed E-state index contributed by atoms with van der Waals surface area (Å²) in [4.78, 5) is 24.3. The highest BCUT2D eigenvalue weighted by atomic mass is 35.5. The first-order valence-electron chi connectivity index (χ1n) is 8.38. The maximum absolute atomic E-state index is 12.3. The van der Waals surface area contributed by atoms with E-state index >= 15 is 0 Å². The van der Waals surface area contributed by atoms with Crippen LogP contribution in [0.1, 0.15) is 23.6 Å². The van der Waals surface area contributed by atoms with E-state index < -0.39 is 18.0 Å². The van der Waals surface area contributed by atoms with Crippen molar-refractivity contribution in [1.82, 2.24) is 0 Å². The fourth-order valence-electron chi connectivity index (χ4n) is 2.26. The molecular weight excluding hydrogens is 380 g/mol. The lowest BCUT2D eigenvalue weighted by molar-refractivity contribution is -0.148. The second-order valence-electron chi connectivity index (χ2n) is 5.94. The molecule has 2 aromatic carbocycles. The number of rotatable bonds is 6. The van der Waals surface area contributed by atoms with Gasteiger partial charge >= 0.3 is 5.97 Å². The molecule has 0 bridgehead atoms. The van der Waals surface area contributed by atoms with Crippen LogP contribution in [-0.2, 0) is 14.3 Å². The van der Waals surface area contributed by atoms with E-state index in [9.17, 15) is 9.59 Å². The molecule has 0 aliphatic rings. The van der Waals surface area contributed by atoms with Gasteiger partial charge in [0.05, 0.1) is 24.4 Å². The molecule has 1 amide bonds. The maximum Gasteiger partial charge on any atom is 0.331 e. The lowest BCUT2D eigenvalue weighted by Gasteiger charge is -2.15. The summed E-state index contributed by atoms with van der Waals surface area (Å²) in [6, 6.07) is 12.0. The van der Waals surface area contributed by atoms with E-state index in [-0.39, 0.29) is 0 Å². The van der Waals surface area contributed by atoms with E-state index in [0.29, 0.717) is 22.0 Å². The van der Waals surface area contributed by atoms with Gasteiger partial charge in [-0.05, 0) is 49.2 Å². The average Bonchev–Trinajstić information content (AvgIpc) is 2.69. The first-order valence-corrected chi connectivity index (χ1v) is 8.75. The van der Waals surface area contributed by atoms with Crippen LogP contribution < -0.4 is 10.1 Å². The fourth-order valence-corrected chi connectivity index (χ4v) is 2.42. The van der Waals surface area contributed by atoms with E-state index in [1.165, 1.54) is 20.1 Å². The topological polar surface area (TPSA) is 88.4 Å². The molecule has 144 valence electrons. The molecule has 0 aromatic heterocycles. The van der Waals surface area contributed by atoms with Gasteiger partial charge in [-0.15, -0.1) is 0 Å². The van der Waals surface area contributed by atoms with Gasteiger partial charge in [0.25, 0.3) is 5.91 Å². The Balaban J connectivity index is 1.98. The summed E-state index contributed by atoms with van der Waals surface area (Å²) in [6.07, 6.45) is 1.75. The first-order chi connectivity index (χ1) is 13.3. The summed E-state index contributed by atoms with van der Waals surface area (Å²) in [7, 11) is 1.47. The molecule has 0 aliphatic heterocycles. The zero-order chi connectivity index (χ0) is 20.7. The normalized spacial score (nSPS) is 11.5. The van der Waals surface area contributed by atoms with Gasteiger partial charge in [0.1, 0.15) is 5.75 Å². The zero-order valence-corrected chi connectivity index (χ0v) is 16.4. The second-order valence-corrected chi connectivity index (χ2v) is 6.34. The molecule has 0 fully saturated rings. The lowest BCUT2D eigenvalue weighted by atomic mass is 10.1. The third-order valence-corrected chi connectivity index (χ3v) is 4.26. The number of hydrogen-bond donors (Lipinski definition) is 1. The highest BCUT2D eigenvalue weighted by Gasteiger charge is 2.19. The highest BCUT2D eigenvalue weighted by Crippen LogP contribution is 2.31. The third-order valence-electron chi connectivity index (χ3n) is 3.85. The van der Waals surface area contributed by atoms with Crippen LogP contribution in [0, 0.1) is 18.3 Å². The zero-order valence-electron chi connectivity index (χ0n) is 15.7. The molecule has 1 N–H and O–H groups in total. The average molecular weight is 399 g/mol. The van der Waals surface area contributed by atoms with Gasteiger partial charge in [-0.3, -0.25) is 4.79 Å². The number of hydrogen-bond acceptors (Lipinski definition) is 5. The monoisotopic (exact) mass is 398 g/mol. The van der Waals surface area contributed by atoms with Gasteiger partial charge in [-0.25, -0.2) is 4.79 Å². The van der Waals surface area contributed by atoms with Crippen molar-refractivity contribution in [1.29, 1.82) is 5.26 Å². The van der Waals surface area contributed by atoms with Gasteiger partial charge < -0.3 is 14.8 Å². The van der Waals surface area contributed by atoms with Crippen LogP contribution in [0.3, 0.4) is 0 Å². The molecule has 0 spiro atoms. The van der Waals surface area contributed by atoms with Crippen LogP contribution in [-0.4, -0.2) is 25.1 Å². The standard InChI is InChI=1S/C21H19ClN2O4/c1-13-10-18(19(27-3)11-17(13)22)24-21(26)14(2)28-20(25)9-8-15-4-6-16(12-23)7-5-15/h4-11,14H,1-3H3,(H,24,26)/b9-8+/t14-/m1/s1. The predicted molar refractivity (Wildman–Crippen MR) is 107 cm³/mol. The van der Waals surface area contributed by atoms with Gasteiger partial charge in [0.2, 0.25) is 0 Å². The van der Waals surface area contributed by atoms with E-state index in [4.69, 9.17) is 26.3 Å². The highest BCUT2D eigenvalue weighted by molar-refractivity contribution is 6.31. The lowest BCUT2D eigenvalue weighted by Crippen LogP contribution is -2.29. The number of halogens is 1. The van der Waals surface area contributed by atoms with Crippen LogP contribution in [0.2, 0.25) is 5.02 Å². The largest absolute Gasteiger partial charge is 0.495 e. The summed E-state index contributed by atoms with van der Waals surface area (Å²) in [5, 5.41) is 12.0. The number of carbonyl (C=O) groups excluding carboxylic acids is 2. The van der Waals surface area contributed by atoms with Crippen LogP contribution in [0.15, 0.2) is 42.5 Å². The minimum atomic E-state index is -1.01. The van der Waals surface area contributed by atoms with Gasteiger partial charge in [0, 0.05) is 17.2 Å². The molecule has 0 saturated heterocycles. The van der Waals surface area contributed by atoms with Gasteiger partial charge in [-0.1, -0.05) is 23.7 Å². The third kappa shape index (κ3) is 5.60. The Morgan fingerprint density at radius 1 is 1.25 bits per heavy atom. The number of aryl methyl sites for hydroxylation is 1. The van der Waals surface area contributed by atoms with Crippen molar-refractivity contribution >= 4 is 35.2 Å². The number of nitrogens with zero attached hydrogens (tertiary/aromatic N) is 1. The summed E-state index contributed by atoms with van der Waals surface area (Å²) < 4.78 is 10.3. The number of anilines is 1.